The number of amides is 1. The van der Waals surface area contributed by atoms with E-state index in [1.165, 1.54) is 10.7 Å². The lowest BCUT2D eigenvalue weighted by atomic mass is 10.2. The van der Waals surface area contributed by atoms with Crippen molar-refractivity contribution < 1.29 is 14.6 Å². The Kier molecular flexibility index (Phi) is 5.67. The Labute approximate surface area is 188 Å². The smallest absolute Gasteiger partial charge is 0.296 e. The molecule has 1 amide bonds. The third-order valence-corrected chi connectivity index (χ3v) is 6.04. The molecule has 8 nitrogen and oxygen atoms in total. The summed E-state index contributed by atoms with van der Waals surface area (Å²) in [5.41, 5.74) is 1.66. The average molecular weight is 451 g/mol. The minimum Gasteiger partial charge on any atom is -0.504 e. The van der Waals surface area contributed by atoms with Gasteiger partial charge in [-0.1, -0.05) is 24.3 Å². The van der Waals surface area contributed by atoms with Gasteiger partial charge in [0.1, 0.15) is 5.69 Å². The number of ether oxygens (including phenoxy) is 1. The first-order chi connectivity index (χ1) is 15.3. The standard InChI is InChI=1S/C23H22N4O4S/c1-4-31-18-12-15(10-11-17(18)28)13-19-21(29)26(23(24)32-19)20-14(2)25(3)27(22(20)30)16-8-6-5-7-9-16/h5-13,24,28H,4H2,1-3H3/b19-13-,24-23?. The number of aromatic hydroxyl groups is 1. The molecule has 0 unspecified atom stereocenters. The number of benzene rings is 2. The second-order valence-corrected chi connectivity index (χ2v) is 8.16. The molecule has 2 heterocycles. The van der Waals surface area contributed by atoms with Gasteiger partial charge in [-0.05, 0) is 61.5 Å². The molecule has 1 saturated heterocycles. The highest BCUT2D eigenvalue weighted by atomic mass is 32.2. The number of phenols is 1. The highest BCUT2D eigenvalue weighted by molar-refractivity contribution is 8.19. The molecule has 1 aromatic heterocycles. The van der Waals surface area contributed by atoms with Gasteiger partial charge in [-0.15, -0.1) is 0 Å². The summed E-state index contributed by atoms with van der Waals surface area (Å²) >= 11 is 0.983. The van der Waals surface area contributed by atoms with Crippen LogP contribution in [0, 0.1) is 12.3 Å². The van der Waals surface area contributed by atoms with Crippen LogP contribution in [0.25, 0.3) is 11.8 Å². The molecule has 9 heteroatoms. The molecule has 0 saturated carbocycles. The van der Waals surface area contributed by atoms with Gasteiger partial charge in [-0.3, -0.25) is 19.7 Å². The van der Waals surface area contributed by atoms with Crippen LogP contribution < -0.4 is 15.2 Å². The summed E-state index contributed by atoms with van der Waals surface area (Å²) in [4.78, 5) is 28.0. The Bertz CT molecular complexity index is 1310. The van der Waals surface area contributed by atoms with E-state index in [-0.39, 0.29) is 22.2 Å². The van der Waals surface area contributed by atoms with Gasteiger partial charge in [0.05, 0.1) is 22.9 Å². The summed E-state index contributed by atoms with van der Waals surface area (Å²) in [7, 11) is 1.74. The van der Waals surface area contributed by atoms with Crippen LogP contribution in [-0.2, 0) is 11.8 Å². The van der Waals surface area contributed by atoms with Crippen molar-refractivity contribution in [2.24, 2.45) is 7.05 Å². The first-order valence-corrected chi connectivity index (χ1v) is 10.8. The molecular weight excluding hydrogens is 428 g/mol. The van der Waals surface area contributed by atoms with Gasteiger partial charge < -0.3 is 9.84 Å². The fourth-order valence-corrected chi connectivity index (χ4v) is 4.39. The highest BCUT2D eigenvalue weighted by Crippen LogP contribution is 2.36. The first kappa shape index (κ1) is 21.5. The van der Waals surface area contributed by atoms with E-state index in [1.807, 2.05) is 37.3 Å². The highest BCUT2D eigenvalue weighted by Gasteiger charge is 2.38. The molecule has 0 spiro atoms. The number of hydrogen-bond donors (Lipinski definition) is 2. The van der Waals surface area contributed by atoms with E-state index in [9.17, 15) is 14.7 Å². The topological polar surface area (TPSA) is 101 Å². The van der Waals surface area contributed by atoms with E-state index in [2.05, 4.69) is 0 Å². The third kappa shape index (κ3) is 3.60. The van der Waals surface area contributed by atoms with Crippen molar-refractivity contribution in [2.75, 3.05) is 11.5 Å². The van der Waals surface area contributed by atoms with Gasteiger partial charge in [-0.2, -0.15) is 0 Å². The van der Waals surface area contributed by atoms with Crippen molar-refractivity contribution in [3.8, 4) is 17.2 Å². The monoisotopic (exact) mass is 450 g/mol. The first-order valence-electron chi connectivity index (χ1n) is 9.95. The van der Waals surface area contributed by atoms with Crippen LogP contribution in [0.5, 0.6) is 11.5 Å². The number of aromatic nitrogens is 2. The van der Waals surface area contributed by atoms with Crippen molar-refractivity contribution in [3.63, 3.8) is 0 Å². The molecule has 2 N–H and O–H groups in total. The lowest BCUT2D eigenvalue weighted by Crippen LogP contribution is -2.33. The second kappa shape index (κ2) is 8.43. The summed E-state index contributed by atoms with van der Waals surface area (Å²) in [5.74, 6) is -0.124. The van der Waals surface area contributed by atoms with Gasteiger partial charge in [0.2, 0.25) is 0 Å². The zero-order chi connectivity index (χ0) is 23.0. The molecule has 2 aromatic carbocycles. The van der Waals surface area contributed by atoms with Crippen LogP contribution in [0.3, 0.4) is 0 Å². The number of phenolic OH excluding ortho intramolecular Hbond substituents is 1. The summed E-state index contributed by atoms with van der Waals surface area (Å²) in [6.07, 6.45) is 1.62. The second-order valence-electron chi connectivity index (χ2n) is 7.13. The number of carbonyl (C=O) groups excluding carboxylic acids is 1. The molecule has 4 rings (SSSR count). The van der Waals surface area contributed by atoms with Gasteiger partial charge in [0.15, 0.2) is 16.7 Å². The molecule has 3 aromatic rings. The number of amidine groups is 1. The van der Waals surface area contributed by atoms with Crippen molar-refractivity contribution in [3.05, 3.63) is 75.0 Å². The van der Waals surface area contributed by atoms with E-state index in [4.69, 9.17) is 10.1 Å². The number of carbonyl (C=O) groups is 1. The molecule has 32 heavy (non-hydrogen) atoms. The van der Waals surface area contributed by atoms with Crippen LogP contribution in [-0.4, -0.2) is 32.2 Å². The number of anilines is 1. The van der Waals surface area contributed by atoms with E-state index in [0.717, 1.165) is 16.7 Å². The van der Waals surface area contributed by atoms with Crippen molar-refractivity contribution in [1.82, 2.24) is 9.36 Å². The number of thioether (sulfide) groups is 1. The fourth-order valence-electron chi connectivity index (χ4n) is 3.54. The molecule has 0 atom stereocenters. The number of rotatable bonds is 5. The van der Waals surface area contributed by atoms with Crippen molar-refractivity contribution >= 4 is 34.6 Å². The summed E-state index contributed by atoms with van der Waals surface area (Å²) < 4.78 is 8.55. The Morgan fingerprint density at radius 2 is 1.88 bits per heavy atom. The molecule has 1 aliphatic rings. The number of nitrogens with zero attached hydrogens (tertiary/aromatic N) is 3. The SMILES string of the molecule is CCOc1cc(/C=C2\SC(=N)N(c3c(C)n(C)n(-c4ccccc4)c3=O)C2=O)ccc1O. The lowest BCUT2D eigenvalue weighted by Gasteiger charge is -2.12. The van der Waals surface area contributed by atoms with Gasteiger partial charge in [-0.25, -0.2) is 9.58 Å². The van der Waals surface area contributed by atoms with E-state index < -0.39 is 5.91 Å². The van der Waals surface area contributed by atoms with Crippen LogP contribution >= 0.6 is 11.8 Å². The largest absolute Gasteiger partial charge is 0.504 e. The summed E-state index contributed by atoms with van der Waals surface area (Å²) in [5, 5.41) is 18.2. The zero-order valence-corrected chi connectivity index (χ0v) is 18.6. The molecule has 0 radical (unpaired) electrons. The minimum atomic E-state index is -0.447. The molecule has 0 aliphatic carbocycles. The van der Waals surface area contributed by atoms with Gasteiger partial charge >= 0.3 is 0 Å². The lowest BCUT2D eigenvalue weighted by molar-refractivity contribution is -0.113. The Morgan fingerprint density at radius 3 is 2.56 bits per heavy atom. The van der Waals surface area contributed by atoms with Gasteiger partial charge in [0.25, 0.3) is 11.5 Å². The van der Waals surface area contributed by atoms with Gasteiger partial charge in [0, 0.05) is 7.05 Å². The Balaban J connectivity index is 1.74. The maximum atomic E-state index is 13.3. The zero-order valence-electron chi connectivity index (χ0n) is 17.8. The Hall–Kier alpha value is -3.72. The summed E-state index contributed by atoms with van der Waals surface area (Å²) in [6, 6.07) is 13.9. The number of hydrogen-bond acceptors (Lipinski definition) is 6. The van der Waals surface area contributed by atoms with E-state index in [0.29, 0.717) is 34.2 Å². The Morgan fingerprint density at radius 1 is 1.16 bits per heavy atom. The van der Waals surface area contributed by atoms with Crippen LogP contribution in [0.15, 0.2) is 58.2 Å². The van der Waals surface area contributed by atoms with Crippen molar-refractivity contribution in [2.45, 2.75) is 13.8 Å². The molecule has 164 valence electrons. The number of para-hydroxylation sites is 1. The summed E-state index contributed by atoms with van der Waals surface area (Å²) in [6.45, 7) is 3.95. The average Bonchev–Trinajstić information content (AvgIpc) is 3.16. The molecule has 0 bridgehead atoms. The van der Waals surface area contributed by atoms with Crippen LogP contribution in [0.2, 0.25) is 0 Å². The maximum absolute atomic E-state index is 13.3. The van der Waals surface area contributed by atoms with E-state index >= 15 is 0 Å². The van der Waals surface area contributed by atoms with Crippen LogP contribution in [0.4, 0.5) is 5.69 Å². The maximum Gasteiger partial charge on any atom is 0.296 e. The fraction of sp³-hybridized carbons (Fsp3) is 0.174. The third-order valence-electron chi connectivity index (χ3n) is 5.15. The minimum absolute atomic E-state index is 0.00939. The van der Waals surface area contributed by atoms with Crippen molar-refractivity contribution in [1.29, 1.82) is 5.41 Å². The predicted molar refractivity (Wildman–Crippen MR) is 126 cm³/mol. The molecule has 1 aliphatic heterocycles. The van der Waals surface area contributed by atoms with E-state index in [1.54, 1.807) is 36.9 Å². The number of nitrogens with one attached hydrogen (secondary N) is 1. The molecule has 1 fully saturated rings. The van der Waals surface area contributed by atoms with Crippen LogP contribution in [0.1, 0.15) is 18.2 Å². The molecular formula is C23H22N4O4S. The predicted octanol–water partition coefficient (Wildman–Crippen LogP) is 3.64. The quantitative estimate of drug-likeness (QED) is 0.578. The normalized spacial score (nSPS) is 15.1.